The Hall–Kier alpha value is -1.08. The molecule has 0 amide bonds. The highest BCUT2D eigenvalue weighted by atomic mass is 16.5. The van der Waals surface area contributed by atoms with Gasteiger partial charge in [-0.05, 0) is 38.7 Å². The van der Waals surface area contributed by atoms with Crippen molar-refractivity contribution in [1.82, 2.24) is 0 Å². The molecule has 0 saturated heterocycles. The Morgan fingerprint density at radius 1 is 0.947 bits per heavy atom. The van der Waals surface area contributed by atoms with Gasteiger partial charge < -0.3 is 4.74 Å². The molecule has 0 atom stereocenters. The monoisotopic (exact) mass is 260 g/mol. The van der Waals surface area contributed by atoms with Crippen molar-refractivity contribution >= 4 is 0 Å². The van der Waals surface area contributed by atoms with E-state index in [1.807, 2.05) is 6.07 Å². The summed E-state index contributed by atoms with van der Waals surface area (Å²) in [5, 5.41) is 0. The average Bonchev–Trinajstić information content (AvgIpc) is 2.42. The lowest BCUT2D eigenvalue weighted by molar-refractivity contribution is 0.116. The van der Waals surface area contributed by atoms with Crippen LogP contribution < -0.4 is 0 Å². The van der Waals surface area contributed by atoms with Gasteiger partial charge in [0.2, 0.25) is 0 Å². The molecule has 0 aliphatic carbocycles. The van der Waals surface area contributed by atoms with E-state index in [1.165, 1.54) is 49.7 Å². The van der Waals surface area contributed by atoms with Crippen LogP contribution in [0.2, 0.25) is 0 Å². The largest absolute Gasteiger partial charge is 0.377 e. The highest BCUT2D eigenvalue weighted by Crippen LogP contribution is 2.08. The third kappa shape index (κ3) is 9.49. The summed E-state index contributed by atoms with van der Waals surface area (Å²) in [4.78, 5) is 0. The Balaban J connectivity index is 1.85. The molecular formula is C18H28O. The highest BCUT2D eigenvalue weighted by molar-refractivity contribution is 5.13. The van der Waals surface area contributed by atoms with E-state index in [-0.39, 0.29) is 0 Å². The SMILES string of the molecule is CC(C)=CCCCCCCCOCc1ccccc1. The van der Waals surface area contributed by atoms with Crippen molar-refractivity contribution in [2.75, 3.05) is 6.61 Å². The second kappa shape index (κ2) is 10.8. The van der Waals surface area contributed by atoms with Gasteiger partial charge in [0.15, 0.2) is 0 Å². The Morgan fingerprint density at radius 2 is 1.63 bits per heavy atom. The first-order valence-electron chi connectivity index (χ1n) is 7.54. The van der Waals surface area contributed by atoms with E-state index in [0.29, 0.717) is 0 Å². The predicted octanol–water partition coefficient (Wildman–Crippen LogP) is 5.51. The summed E-state index contributed by atoms with van der Waals surface area (Å²) in [6, 6.07) is 10.4. The van der Waals surface area contributed by atoms with Crippen molar-refractivity contribution < 1.29 is 4.74 Å². The van der Waals surface area contributed by atoms with Crippen LogP contribution in [0, 0.1) is 0 Å². The predicted molar refractivity (Wildman–Crippen MR) is 83.2 cm³/mol. The Labute approximate surface area is 118 Å². The van der Waals surface area contributed by atoms with Crippen molar-refractivity contribution in [1.29, 1.82) is 0 Å². The number of benzene rings is 1. The van der Waals surface area contributed by atoms with Crippen LogP contribution in [0.4, 0.5) is 0 Å². The zero-order chi connectivity index (χ0) is 13.8. The van der Waals surface area contributed by atoms with Gasteiger partial charge in [-0.25, -0.2) is 0 Å². The maximum Gasteiger partial charge on any atom is 0.0716 e. The third-order valence-corrected chi connectivity index (χ3v) is 3.16. The Kier molecular flexibility index (Phi) is 9.09. The molecule has 0 N–H and O–H groups in total. The lowest BCUT2D eigenvalue weighted by atomic mass is 10.1. The van der Waals surface area contributed by atoms with Gasteiger partial charge in [-0.3, -0.25) is 0 Å². The fourth-order valence-corrected chi connectivity index (χ4v) is 2.03. The fraction of sp³-hybridized carbons (Fsp3) is 0.556. The second-order valence-corrected chi connectivity index (χ2v) is 5.38. The van der Waals surface area contributed by atoms with Gasteiger partial charge >= 0.3 is 0 Å². The van der Waals surface area contributed by atoms with E-state index in [1.54, 1.807) is 0 Å². The molecule has 0 radical (unpaired) electrons. The molecule has 0 fully saturated rings. The van der Waals surface area contributed by atoms with Gasteiger partial charge in [-0.15, -0.1) is 0 Å². The number of hydrogen-bond acceptors (Lipinski definition) is 1. The molecule has 0 heterocycles. The normalized spacial score (nSPS) is 10.4. The molecule has 0 spiro atoms. The number of allylic oxidation sites excluding steroid dienone is 2. The molecule has 0 aliphatic heterocycles. The number of unbranched alkanes of at least 4 members (excludes halogenated alkanes) is 5. The van der Waals surface area contributed by atoms with E-state index in [9.17, 15) is 0 Å². The summed E-state index contributed by atoms with van der Waals surface area (Å²) >= 11 is 0. The standard InChI is InChI=1S/C18H28O/c1-17(2)12-8-5-3-4-6-11-15-19-16-18-13-9-7-10-14-18/h7,9-10,12-14H,3-6,8,11,15-16H2,1-2H3. The maximum absolute atomic E-state index is 5.67. The van der Waals surface area contributed by atoms with E-state index < -0.39 is 0 Å². The van der Waals surface area contributed by atoms with Crippen molar-refractivity contribution in [3.63, 3.8) is 0 Å². The van der Waals surface area contributed by atoms with Crippen molar-refractivity contribution in [2.45, 2.75) is 59.0 Å². The van der Waals surface area contributed by atoms with Crippen molar-refractivity contribution in [2.24, 2.45) is 0 Å². The van der Waals surface area contributed by atoms with E-state index in [4.69, 9.17) is 4.74 Å². The number of hydrogen-bond donors (Lipinski definition) is 0. The minimum Gasteiger partial charge on any atom is -0.377 e. The van der Waals surface area contributed by atoms with Crippen LogP contribution in [0.15, 0.2) is 42.0 Å². The van der Waals surface area contributed by atoms with Crippen LogP contribution in [-0.4, -0.2) is 6.61 Å². The van der Waals surface area contributed by atoms with E-state index >= 15 is 0 Å². The van der Waals surface area contributed by atoms with Gasteiger partial charge in [0.05, 0.1) is 6.61 Å². The molecule has 19 heavy (non-hydrogen) atoms. The molecule has 1 nitrogen and oxygen atoms in total. The third-order valence-electron chi connectivity index (χ3n) is 3.16. The first-order chi connectivity index (χ1) is 9.29. The van der Waals surface area contributed by atoms with Gasteiger partial charge in [0, 0.05) is 6.61 Å². The van der Waals surface area contributed by atoms with Gasteiger partial charge in [-0.1, -0.05) is 61.2 Å². The summed E-state index contributed by atoms with van der Waals surface area (Å²) in [5.41, 5.74) is 2.71. The molecule has 1 rings (SSSR count). The van der Waals surface area contributed by atoms with Crippen LogP contribution >= 0.6 is 0 Å². The quantitative estimate of drug-likeness (QED) is 0.398. The molecule has 0 aliphatic rings. The molecule has 0 unspecified atom stereocenters. The van der Waals surface area contributed by atoms with Gasteiger partial charge in [0.25, 0.3) is 0 Å². The zero-order valence-corrected chi connectivity index (χ0v) is 12.5. The number of ether oxygens (including phenoxy) is 1. The Morgan fingerprint density at radius 3 is 2.37 bits per heavy atom. The molecule has 0 bridgehead atoms. The van der Waals surface area contributed by atoms with Crippen LogP contribution in [0.3, 0.4) is 0 Å². The average molecular weight is 260 g/mol. The van der Waals surface area contributed by atoms with E-state index in [2.05, 4.69) is 44.2 Å². The summed E-state index contributed by atoms with van der Waals surface area (Å²) in [5.74, 6) is 0. The molecule has 1 aromatic rings. The molecule has 1 heteroatoms. The van der Waals surface area contributed by atoms with Crippen molar-refractivity contribution in [3.05, 3.63) is 47.5 Å². The van der Waals surface area contributed by atoms with Crippen LogP contribution in [0.25, 0.3) is 0 Å². The van der Waals surface area contributed by atoms with Crippen LogP contribution in [0.1, 0.15) is 57.9 Å². The summed E-state index contributed by atoms with van der Waals surface area (Å²) in [7, 11) is 0. The molecule has 1 aromatic carbocycles. The summed E-state index contributed by atoms with van der Waals surface area (Å²) in [6.45, 7) is 5.98. The topological polar surface area (TPSA) is 9.23 Å². The summed E-state index contributed by atoms with van der Waals surface area (Å²) < 4.78 is 5.67. The van der Waals surface area contributed by atoms with E-state index in [0.717, 1.165) is 13.2 Å². The first-order valence-corrected chi connectivity index (χ1v) is 7.54. The molecular weight excluding hydrogens is 232 g/mol. The van der Waals surface area contributed by atoms with Crippen LogP contribution in [0.5, 0.6) is 0 Å². The Bertz CT molecular complexity index is 336. The number of rotatable bonds is 10. The van der Waals surface area contributed by atoms with Crippen molar-refractivity contribution in [3.8, 4) is 0 Å². The zero-order valence-electron chi connectivity index (χ0n) is 12.5. The minimum atomic E-state index is 0.751. The second-order valence-electron chi connectivity index (χ2n) is 5.38. The fourth-order valence-electron chi connectivity index (χ4n) is 2.03. The van der Waals surface area contributed by atoms with Gasteiger partial charge in [0.1, 0.15) is 0 Å². The minimum absolute atomic E-state index is 0.751. The molecule has 106 valence electrons. The lowest BCUT2D eigenvalue weighted by Gasteiger charge is -2.04. The van der Waals surface area contributed by atoms with Gasteiger partial charge in [-0.2, -0.15) is 0 Å². The first kappa shape index (κ1) is 16.0. The van der Waals surface area contributed by atoms with Crippen LogP contribution in [-0.2, 0) is 11.3 Å². The molecule has 0 saturated carbocycles. The lowest BCUT2D eigenvalue weighted by Crippen LogP contribution is -1.95. The smallest absolute Gasteiger partial charge is 0.0716 e. The highest BCUT2D eigenvalue weighted by Gasteiger charge is 1.93. The summed E-state index contributed by atoms with van der Waals surface area (Å²) in [6.07, 6.45) is 10.1. The molecule has 0 aromatic heterocycles. The maximum atomic E-state index is 5.67.